The third-order valence-electron chi connectivity index (χ3n) is 9.22. The number of phosphoric ester groups is 1. The number of hydrogen-bond acceptors (Lipinski definition) is 18. The van der Waals surface area contributed by atoms with E-state index in [4.69, 9.17) is 27.8 Å². The van der Waals surface area contributed by atoms with Gasteiger partial charge in [0.25, 0.3) is 11.5 Å². The Labute approximate surface area is 338 Å². The van der Waals surface area contributed by atoms with Gasteiger partial charge in [0, 0.05) is 32.1 Å². The normalized spacial score (nSPS) is 25.4. The van der Waals surface area contributed by atoms with Crippen molar-refractivity contribution >= 4 is 65.2 Å². The van der Waals surface area contributed by atoms with E-state index in [0.717, 1.165) is 17.7 Å². The van der Waals surface area contributed by atoms with Crippen molar-refractivity contribution in [3.05, 3.63) is 69.2 Å². The Hall–Kier alpha value is -5.12. The average molecular weight is 857 g/mol. The number of nitrogens with one attached hydrogen (secondary N) is 2. The second-order valence-electron chi connectivity index (χ2n) is 13.4. The first-order valence-corrected chi connectivity index (χ1v) is 20.3. The van der Waals surface area contributed by atoms with Crippen LogP contribution in [-0.4, -0.2) is 135 Å². The van der Waals surface area contributed by atoms with E-state index in [9.17, 15) is 29.6 Å². The van der Waals surface area contributed by atoms with Gasteiger partial charge in [-0.05, 0) is 12.1 Å². The number of phosphoric acid groups is 1. The Morgan fingerprint density at radius 3 is 2.71 bits per heavy atom. The molecule has 2 aliphatic heterocycles. The SMILES string of the molecule is CO[C@H]1[C@@H](OP(=O)(OCCC#N)OC[C@H]2O[C@@H](n3cnc4c(NC(=O)c5ccccc5)ncnc43)[C@H](F)[C@@H]2O)[C@H](c2scc3c(=O)[nH]c(/N=C/N(C)C)nc23)O[C@@H]1CO. The molecule has 312 valence electrons. The Balaban J connectivity index is 1.13. The number of carbonyl (C=O) groups is 1. The van der Waals surface area contributed by atoms with Crippen LogP contribution in [0.5, 0.6) is 0 Å². The van der Waals surface area contributed by atoms with E-state index >= 15 is 4.39 Å². The summed E-state index contributed by atoms with van der Waals surface area (Å²) in [7, 11) is 0.000361. The molecule has 4 aromatic heterocycles. The molecule has 1 unspecified atom stereocenters. The molecule has 4 N–H and O–H groups in total. The maximum absolute atomic E-state index is 15.9. The van der Waals surface area contributed by atoms with Crippen molar-refractivity contribution in [1.29, 1.82) is 5.26 Å². The number of methoxy groups -OCH3 is 1. The van der Waals surface area contributed by atoms with Gasteiger partial charge in [0.1, 0.15) is 43.0 Å². The standard InChI is InChI=1S/C35H38FN10O11PS/c1-45(2)16-41-35-42-23-19(33(50)44-35)14-59-29(23)28-27(26(52-3)20(12-47)55-28)57-58(51,53-11-7-10-37)54-13-21-25(48)22(36)34(56-21)46-17-40-24-30(38-15-39-31(24)46)43-32(49)18-8-5-4-6-9-18/h4-6,8-9,14-17,20-22,25-28,34,47-48H,7,11-13H2,1-3H3,(H,42,44,50)(H,38,39,43,49)/b41-16+/t20-,21-,22-,25-,26-,27-,28-,34-,58?/m1/s1. The van der Waals surface area contributed by atoms with Crippen molar-refractivity contribution in [3.8, 4) is 6.07 Å². The number of ether oxygens (including phenoxy) is 3. The first-order chi connectivity index (χ1) is 28.4. The molecule has 6 heterocycles. The number of amides is 1. The number of fused-ring (bicyclic) bond motifs is 2. The van der Waals surface area contributed by atoms with Crippen molar-refractivity contribution in [1.82, 2.24) is 34.4 Å². The first kappa shape index (κ1) is 42.0. The van der Waals surface area contributed by atoms with Gasteiger partial charge in [0.2, 0.25) is 5.95 Å². The Bertz CT molecular complexity index is 2460. The lowest BCUT2D eigenvalue weighted by Gasteiger charge is -2.27. The van der Waals surface area contributed by atoms with Gasteiger partial charge in [-0.25, -0.2) is 33.9 Å². The van der Waals surface area contributed by atoms with E-state index in [-0.39, 0.29) is 40.3 Å². The van der Waals surface area contributed by atoms with Crippen LogP contribution >= 0.6 is 19.2 Å². The fourth-order valence-electron chi connectivity index (χ4n) is 6.44. The van der Waals surface area contributed by atoms with Crippen molar-refractivity contribution < 1.29 is 51.7 Å². The number of aliphatic imine (C=N–C) groups is 1. The van der Waals surface area contributed by atoms with Crippen molar-refractivity contribution in [2.45, 2.75) is 55.4 Å². The highest BCUT2D eigenvalue weighted by molar-refractivity contribution is 7.48. The van der Waals surface area contributed by atoms with E-state index < -0.39 is 88.1 Å². The van der Waals surface area contributed by atoms with E-state index in [0.29, 0.717) is 10.4 Å². The molecule has 9 atom stereocenters. The molecule has 0 saturated carbocycles. The molecule has 5 aromatic rings. The summed E-state index contributed by atoms with van der Waals surface area (Å²) in [6, 6.07) is 10.2. The number of aliphatic hydroxyl groups is 2. The van der Waals surface area contributed by atoms with E-state index in [1.165, 1.54) is 24.3 Å². The van der Waals surface area contributed by atoms with Crippen LogP contribution in [0.25, 0.3) is 22.1 Å². The summed E-state index contributed by atoms with van der Waals surface area (Å²) in [5.74, 6) is -0.424. The summed E-state index contributed by atoms with van der Waals surface area (Å²) in [4.78, 5) is 51.6. The molecule has 0 spiro atoms. The molecule has 2 saturated heterocycles. The number of benzene rings is 1. The van der Waals surface area contributed by atoms with Crippen LogP contribution in [0.15, 0.2) is 58.2 Å². The molecule has 1 amide bonds. The van der Waals surface area contributed by atoms with E-state index in [2.05, 4.69) is 35.2 Å². The van der Waals surface area contributed by atoms with Crippen LogP contribution in [0.4, 0.5) is 16.2 Å². The largest absolute Gasteiger partial charge is 0.475 e. The number of carbonyl (C=O) groups excluding carboxylic acids is 1. The number of anilines is 1. The van der Waals surface area contributed by atoms with Gasteiger partial charge in [-0.3, -0.25) is 32.7 Å². The van der Waals surface area contributed by atoms with Gasteiger partial charge in [-0.15, -0.1) is 11.3 Å². The van der Waals surface area contributed by atoms with Gasteiger partial charge >= 0.3 is 7.82 Å². The molecule has 21 nitrogen and oxygen atoms in total. The van der Waals surface area contributed by atoms with Crippen LogP contribution in [0, 0.1) is 11.3 Å². The van der Waals surface area contributed by atoms with Crippen LogP contribution < -0.4 is 10.9 Å². The molecule has 7 rings (SSSR count). The number of alkyl halides is 1. The third-order valence-corrected chi connectivity index (χ3v) is 11.7. The number of thiophene rings is 1. The van der Waals surface area contributed by atoms with Crippen LogP contribution in [0.3, 0.4) is 0 Å². The third kappa shape index (κ3) is 8.78. The number of H-pyrrole nitrogens is 1. The molecule has 24 heteroatoms. The zero-order chi connectivity index (χ0) is 41.8. The lowest BCUT2D eigenvalue weighted by molar-refractivity contribution is -0.0568. The first-order valence-electron chi connectivity index (χ1n) is 17.9. The van der Waals surface area contributed by atoms with Crippen LogP contribution in [0.2, 0.25) is 0 Å². The minimum atomic E-state index is -4.79. The molecule has 1 aromatic carbocycles. The fourth-order valence-corrected chi connectivity index (χ4v) is 8.87. The second-order valence-corrected chi connectivity index (χ2v) is 15.9. The number of hydrogen-bond donors (Lipinski definition) is 4. The van der Waals surface area contributed by atoms with Gasteiger partial charge in [-0.1, -0.05) is 18.2 Å². The van der Waals surface area contributed by atoms with Crippen molar-refractivity contribution in [2.75, 3.05) is 46.3 Å². The van der Waals surface area contributed by atoms with Crippen molar-refractivity contribution in [3.63, 3.8) is 0 Å². The molecular weight excluding hydrogens is 818 g/mol. The number of halogens is 1. The zero-order valence-electron chi connectivity index (χ0n) is 31.5. The highest BCUT2D eigenvalue weighted by Crippen LogP contribution is 2.56. The summed E-state index contributed by atoms with van der Waals surface area (Å²) >= 11 is 1.09. The van der Waals surface area contributed by atoms with Gasteiger partial charge < -0.3 is 34.6 Å². The van der Waals surface area contributed by atoms with Crippen molar-refractivity contribution in [2.24, 2.45) is 4.99 Å². The Morgan fingerprint density at radius 1 is 1.19 bits per heavy atom. The summed E-state index contributed by atoms with van der Waals surface area (Å²) in [5.41, 5.74) is 0.262. The quantitative estimate of drug-likeness (QED) is 0.0481. The molecule has 2 aliphatic rings. The van der Waals surface area contributed by atoms with Gasteiger partial charge in [0.05, 0.1) is 60.8 Å². The molecule has 0 bridgehead atoms. The molecule has 59 heavy (non-hydrogen) atoms. The number of imidazole rings is 1. The highest BCUT2D eigenvalue weighted by Gasteiger charge is 2.52. The number of rotatable bonds is 16. The minimum Gasteiger partial charge on any atom is -0.394 e. The lowest BCUT2D eigenvalue weighted by atomic mass is 10.1. The van der Waals surface area contributed by atoms with E-state index in [1.54, 1.807) is 54.7 Å². The monoisotopic (exact) mass is 856 g/mol. The van der Waals surface area contributed by atoms with Gasteiger partial charge in [-0.2, -0.15) is 5.26 Å². The zero-order valence-corrected chi connectivity index (χ0v) is 33.2. The summed E-state index contributed by atoms with van der Waals surface area (Å²) in [6.45, 7) is -1.72. The topological polar surface area (TPSA) is 271 Å². The number of aromatic amines is 1. The smallest absolute Gasteiger partial charge is 0.394 e. The minimum absolute atomic E-state index is 0.00634. The average Bonchev–Trinajstić information content (AvgIpc) is 4.00. The summed E-state index contributed by atoms with van der Waals surface area (Å²) in [5, 5.41) is 34.8. The summed E-state index contributed by atoms with van der Waals surface area (Å²) in [6.07, 6.45) is -7.93. The number of aliphatic hydroxyl groups excluding tert-OH is 2. The maximum atomic E-state index is 15.9. The lowest BCUT2D eigenvalue weighted by Crippen LogP contribution is -2.36. The second kappa shape index (κ2) is 18.0. The molecule has 0 radical (unpaired) electrons. The predicted octanol–water partition coefficient (Wildman–Crippen LogP) is 2.78. The number of aromatic nitrogens is 6. The number of nitriles is 1. The molecule has 2 fully saturated rings. The summed E-state index contributed by atoms with van der Waals surface area (Å²) < 4.78 is 66.5. The highest BCUT2D eigenvalue weighted by atomic mass is 32.1. The van der Waals surface area contributed by atoms with E-state index in [1.807, 2.05) is 6.07 Å². The van der Waals surface area contributed by atoms with Gasteiger partial charge in [0.15, 0.2) is 29.4 Å². The molecule has 0 aliphatic carbocycles. The fraction of sp³-hybridized carbons (Fsp3) is 0.429. The van der Waals surface area contributed by atoms with Crippen LogP contribution in [0.1, 0.15) is 34.0 Å². The number of nitrogens with zero attached hydrogens (tertiary/aromatic N) is 8. The maximum Gasteiger partial charge on any atom is 0.475 e. The Kier molecular flexibility index (Phi) is 12.8. The Morgan fingerprint density at radius 2 is 1.98 bits per heavy atom. The predicted molar refractivity (Wildman–Crippen MR) is 207 cm³/mol. The molecular formula is C35H38FN10O11PS. The van der Waals surface area contributed by atoms with Crippen LogP contribution in [-0.2, 0) is 32.3 Å².